The van der Waals surface area contributed by atoms with E-state index in [4.69, 9.17) is 0 Å². The first kappa shape index (κ1) is 14.4. The Kier molecular flexibility index (Phi) is 4.27. The number of hydrogen-bond acceptors (Lipinski definition) is 3. The Balaban J connectivity index is 1.81. The van der Waals surface area contributed by atoms with E-state index in [1.807, 2.05) is 35.7 Å². The molecule has 2 nitrogen and oxygen atoms in total. The summed E-state index contributed by atoms with van der Waals surface area (Å²) < 4.78 is 12.9. The first-order valence-electron chi connectivity index (χ1n) is 6.91. The van der Waals surface area contributed by atoms with Crippen molar-refractivity contribution in [1.82, 2.24) is 4.98 Å². The summed E-state index contributed by atoms with van der Waals surface area (Å²) in [6.07, 6.45) is 0.540. The third-order valence-electron chi connectivity index (χ3n) is 3.40. The summed E-state index contributed by atoms with van der Waals surface area (Å²) in [4.78, 5) is 4.59. The van der Waals surface area contributed by atoms with E-state index in [2.05, 4.69) is 11.1 Å². The highest BCUT2D eigenvalue weighted by atomic mass is 32.1. The number of halogens is 1. The Bertz CT molecular complexity index is 788. The van der Waals surface area contributed by atoms with Gasteiger partial charge in [-0.15, -0.1) is 11.3 Å². The van der Waals surface area contributed by atoms with Gasteiger partial charge in [0.05, 0.1) is 11.8 Å². The number of hydrogen-bond donors (Lipinski definition) is 0. The van der Waals surface area contributed by atoms with Crippen molar-refractivity contribution in [3.63, 3.8) is 0 Å². The number of thiazole rings is 1. The number of rotatable bonds is 4. The van der Waals surface area contributed by atoms with Crippen molar-refractivity contribution >= 4 is 11.3 Å². The van der Waals surface area contributed by atoms with E-state index in [0.717, 1.165) is 21.8 Å². The van der Waals surface area contributed by atoms with Gasteiger partial charge in [0.25, 0.3) is 0 Å². The smallest absolute Gasteiger partial charge is 0.123 e. The topological polar surface area (TPSA) is 36.7 Å². The van der Waals surface area contributed by atoms with E-state index in [-0.39, 0.29) is 11.7 Å². The molecule has 1 aromatic heterocycles. The first-order valence-corrected chi connectivity index (χ1v) is 7.79. The van der Waals surface area contributed by atoms with Gasteiger partial charge < -0.3 is 0 Å². The van der Waals surface area contributed by atoms with E-state index in [0.29, 0.717) is 6.42 Å². The molecule has 0 amide bonds. The third kappa shape index (κ3) is 3.21. The van der Waals surface area contributed by atoms with E-state index < -0.39 is 0 Å². The zero-order chi connectivity index (χ0) is 15.4. The Hall–Kier alpha value is -2.51. The molecule has 2 aromatic carbocycles. The molecular formula is C18H13FN2S. The second-order valence-corrected chi connectivity index (χ2v) is 5.84. The number of nitriles is 1. The number of nitrogens with zero attached hydrogens (tertiary/aromatic N) is 2. The first-order chi connectivity index (χ1) is 10.8. The summed E-state index contributed by atoms with van der Waals surface area (Å²) >= 11 is 1.49. The Morgan fingerprint density at radius 2 is 1.82 bits per heavy atom. The second kappa shape index (κ2) is 6.50. The molecule has 0 saturated carbocycles. The molecule has 108 valence electrons. The Morgan fingerprint density at radius 1 is 1.09 bits per heavy atom. The van der Waals surface area contributed by atoms with E-state index in [9.17, 15) is 9.65 Å². The average molecular weight is 308 g/mol. The molecule has 0 N–H and O–H groups in total. The van der Waals surface area contributed by atoms with E-state index in [1.165, 1.54) is 23.5 Å². The maximum Gasteiger partial charge on any atom is 0.123 e. The molecular weight excluding hydrogens is 295 g/mol. The van der Waals surface area contributed by atoms with Crippen molar-refractivity contribution in [2.75, 3.05) is 0 Å². The summed E-state index contributed by atoms with van der Waals surface area (Å²) in [6, 6.07) is 18.5. The SMILES string of the molecule is N#CC(Cc1ccc(F)cc1)c1nc(-c2ccccc2)cs1. The third-order valence-corrected chi connectivity index (χ3v) is 4.36. The fraction of sp³-hybridized carbons (Fsp3) is 0.111. The predicted molar refractivity (Wildman–Crippen MR) is 86.0 cm³/mol. The summed E-state index contributed by atoms with van der Waals surface area (Å²) in [5.41, 5.74) is 2.87. The molecule has 0 spiro atoms. The molecule has 1 heterocycles. The van der Waals surface area contributed by atoms with E-state index >= 15 is 0 Å². The number of aromatic nitrogens is 1. The van der Waals surface area contributed by atoms with Crippen molar-refractivity contribution in [2.24, 2.45) is 0 Å². The lowest BCUT2D eigenvalue weighted by molar-refractivity contribution is 0.626. The van der Waals surface area contributed by atoms with Gasteiger partial charge in [0.1, 0.15) is 16.7 Å². The summed E-state index contributed by atoms with van der Waals surface area (Å²) in [5, 5.41) is 12.2. The van der Waals surface area contributed by atoms with Crippen LogP contribution in [0, 0.1) is 17.1 Å². The predicted octanol–water partition coefficient (Wildman–Crippen LogP) is 4.80. The molecule has 0 radical (unpaired) electrons. The van der Waals surface area contributed by atoms with Gasteiger partial charge in [0.15, 0.2) is 0 Å². The van der Waals surface area contributed by atoms with Crippen LogP contribution in [0.2, 0.25) is 0 Å². The molecule has 22 heavy (non-hydrogen) atoms. The minimum atomic E-state index is -0.312. The highest BCUT2D eigenvalue weighted by Gasteiger charge is 2.16. The molecule has 3 rings (SSSR count). The zero-order valence-electron chi connectivity index (χ0n) is 11.7. The van der Waals surface area contributed by atoms with Crippen LogP contribution >= 0.6 is 11.3 Å². The minimum absolute atomic E-state index is 0.266. The lowest BCUT2D eigenvalue weighted by atomic mass is 10.0. The fourth-order valence-electron chi connectivity index (χ4n) is 2.23. The molecule has 0 aliphatic carbocycles. The van der Waals surface area contributed by atoms with Crippen LogP contribution < -0.4 is 0 Å². The van der Waals surface area contributed by atoms with Crippen LogP contribution in [0.1, 0.15) is 16.5 Å². The van der Waals surface area contributed by atoms with Crippen LogP contribution in [0.25, 0.3) is 11.3 Å². The van der Waals surface area contributed by atoms with Gasteiger partial charge in [-0.1, -0.05) is 42.5 Å². The van der Waals surface area contributed by atoms with Crippen molar-refractivity contribution in [2.45, 2.75) is 12.3 Å². The molecule has 1 unspecified atom stereocenters. The molecule has 0 aliphatic rings. The molecule has 0 aliphatic heterocycles. The Labute approximate surface area is 132 Å². The van der Waals surface area contributed by atoms with Gasteiger partial charge in [-0.2, -0.15) is 5.26 Å². The average Bonchev–Trinajstić information content (AvgIpc) is 3.05. The number of benzene rings is 2. The minimum Gasteiger partial charge on any atom is -0.240 e. The van der Waals surface area contributed by atoms with Gasteiger partial charge in [-0.3, -0.25) is 0 Å². The highest BCUT2D eigenvalue weighted by Crippen LogP contribution is 2.28. The van der Waals surface area contributed by atoms with Crippen LogP contribution in [0.15, 0.2) is 60.0 Å². The molecule has 0 bridgehead atoms. The van der Waals surface area contributed by atoms with Gasteiger partial charge in [0, 0.05) is 10.9 Å². The van der Waals surface area contributed by atoms with E-state index in [1.54, 1.807) is 12.1 Å². The fourth-order valence-corrected chi connectivity index (χ4v) is 3.11. The van der Waals surface area contributed by atoms with Crippen LogP contribution in [-0.4, -0.2) is 4.98 Å². The molecule has 0 saturated heterocycles. The Morgan fingerprint density at radius 3 is 2.50 bits per heavy atom. The maximum atomic E-state index is 12.9. The quantitative estimate of drug-likeness (QED) is 0.694. The van der Waals surface area contributed by atoms with Crippen molar-refractivity contribution < 1.29 is 4.39 Å². The molecule has 1 atom stereocenters. The lowest BCUT2D eigenvalue weighted by Crippen LogP contribution is -2.00. The monoisotopic (exact) mass is 308 g/mol. The van der Waals surface area contributed by atoms with Crippen LogP contribution in [0.5, 0.6) is 0 Å². The normalized spacial score (nSPS) is 11.8. The van der Waals surface area contributed by atoms with Crippen molar-refractivity contribution in [1.29, 1.82) is 5.26 Å². The molecule has 3 aromatic rings. The van der Waals surface area contributed by atoms with Crippen LogP contribution in [-0.2, 0) is 6.42 Å². The van der Waals surface area contributed by atoms with Gasteiger partial charge in [-0.25, -0.2) is 9.37 Å². The largest absolute Gasteiger partial charge is 0.240 e. The summed E-state index contributed by atoms with van der Waals surface area (Å²) in [5.74, 6) is -0.578. The van der Waals surface area contributed by atoms with Gasteiger partial charge >= 0.3 is 0 Å². The zero-order valence-corrected chi connectivity index (χ0v) is 12.6. The van der Waals surface area contributed by atoms with Gasteiger partial charge in [-0.05, 0) is 24.1 Å². The van der Waals surface area contributed by atoms with Crippen molar-refractivity contribution in [3.05, 3.63) is 76.4 Å². The lowest BCUT2D eigenvalue weighted by Gasteiger charge is -2.06. The molecule has 0 fully saturated rings. The second-order valence-electron chi connectivity index (χ2n) is 4.95. The summed E-state index contributed by atoms with van der Waals surface area (Å²) in [7, 11) is 0. The maximum absolute atomic E-state index is 12.9. The van der Waals surface area contributed by atoms with Crippen LogP contribution in [0.4, 0.5) is 4.39 Å². The van der Waals surface area contributed by atoms with Gasteiger partial charge in [0.2, 0.25) is 0 Å². The standard InChI is InChI=1S/C18H13FN2S/c19-16-8-6-13(7-9-16)10-15(11-20)18-21-17(12-22-18)14-4-2-1-3-5-14/h1-9,12,15H,10H2. The highest BCUT2D eigenvalue weighted by molar-refractivity contribution is 7.10. The van der Waals surface area contributed by atoms with Crippen LogP contribution in [0.3, 0.4) is 0 Å². The summed E-state index contributed by atoms with van der Waals surface area (Å²) in [6.45, 7) is 0. The molecule has 4 heteroatoms. The van der Waals surface area contributed by atoms with Crippen molar-refractivity contribution in [3.8, 4) is 17.3 Å².